The molecule has 1 aromatic rings. The van der Waals surface area contributed by atoms with Crippen molar-refractivity contribution in [2.24, 2.45) is 0 Å². The second-order valence-electron chi connectivity index (χ2n) is 6.33. The smallest absolute Gasteiger partial charge is 0.272 e. The largest absolute Gasteiger partial charge is 0.355 e. The molecule has 6 heteroatoms. The molecule has 0 spiro atoms. The van der Waals surface area contributed by atoms with Gasteiger partial charge in [0.2, 0.25) is 5.91 Å². The van der Waals surface area contributed by atoms with E-state index in [4.69, 9.17) is 0 Å². The predicted molar refractivity (Wildman–Crippen MR) is 82.3 cm³/mol. The summed E-state index contributed by atoms with van der Waals surface area (Å²) in [4.78, 5) is 23.5. The molecule has 118 valence electrons. The molecule has 0 aliphatic carbocycles. The van der Waals surface area contributed by atoms with Gasteiger partial charge in [-0.1, -0.05) is 13.8 Å². The molecule has 2 N–H and O–H groups in total. The number of carbonyl (C=O) groups excluding carboxylic acids is 2. The van der Waals surface area contributed by atoms with Crippen molar-refractivity contribution in [2.45, 2.75) is 53.0 Å². The van der Waals surface area contributed by atoms with Crippen molar-refractivity contribution in [3.05, 3.63) is 17.5 Å². The fraction of sp³-hybridized carbons (Fsp3) is 0.667. The van der Waals surface area contributed by atoms with E-state index in [-0.39, 0.29) is 29.8 Å². The maximum absolute atomic E-state index is 12.1. The first-order valence-corrected chi connectivity index (χ1v) is 7.32. The van der Waals surface area contributed by atoms with E-state index in [1.165, 1.54) is 0 Å². The van der Waals surface area contributed by atoms with E-state index in [0.717, 1.165) is 5.69 Å². The van der Waals surface area contributed by atoms with E-state index in [2.05, 4.69) is 29.6 Å². The Morgan fingerprint density at radius 3 is 2.33 bits per heavy atom. The summed E-state index contributed by atoms with van der Waals surface area (Å²) in [5.74, 6) is -0.266. The van der Waals surface area contributed by atoms with Gasteiger partial charge in [-0.25, -0.2) is 0 Å². The molecule has 0 saturated heterocycles. The third-order valence-electron chi connectivity index (χ3n) is 2.98. The van der Waals surface area contributed by atoms with Gasteiger partial charge in [0.05, 0.1) is 12.1 Å². The number of amides is 2. The zero-order chi connectivity index (χ0) is 16.2. The molecule has 0 unspecified atom stereocenters. The first-order chi connectivity index (χ1) is 9.66. The fourth-order valence-electron chi connectivity index (χ4n) is 1.97. The standard InChI is InChI=1S/C15H26N4O2/c1-7-16-13(20)9-17-14(21)11-8-12(10(2)3)19(18-11)15(4,5)6/h8,10H,7,9H2,1-6H3,(H,16,20)(H,17,21). The second kappa shape index (κ2) is 6.74. The third-order valence-corrected chi connectivity index (χ3v) is 2.98. The van der Waals surface area contributed by atoms with Crippen molar-refractivity contribution in [3.8, 4) is 0 Å². The quantitative estimate of drug-likeness (QED) is 0.866. The summed E-state index contributed by atoms with van der Waals surface area (Å²) in [7, 11) is 0. The number of carbonyl (C=O) groups is 2. The molecule has 0 aromatic carbocycles. The molecule has 6 nitrogen and oxygen atoms in total. The minimum atomic E-state index is -0.328. The van der Waals surface area contributed by atoms with E-state index in [1.54, 1.807) is 6.07 Å². The van der Waals surface area contributed by atoms with Crippen LogP contribution in [-0.4, -0.2) is 34.7 Å². The lowest BCUT2D eigenvalue weighted by Crippen LogP contribution is -2.37. The van der Waals surface area contributed by atoms with E-state index in [1.807, 2.05) is 32.4 Å². The number of nitrogens with one attached hydrogen (secondary N) is 2. The number of aromatic nitrogens is 2. The Kier molecular flexibility index (Phi) is 5.52. The number of rotatable bonds is 5. The van der Waals surface area contributed by atoms with Gasteiger partial charge in [0.25, 0.3) is 5.91 Å². The van der Waals surface area contributed by atoms with Crippen LogP contribution in [-0.2, 0) is 10.3 Å². The Hall–Kier alpha value is -1.85. The topological polar surface area (TPSA) is 76.0 Å². The highest BCUT2D eigenvalue weighted by Gasteiger charge is 2.23. The Morgan fingerprint density at radius 1 is 1.29 bits per heavy atom. The lowest BCUT2D eigenvalue weighted by Gasteiger charge is -2.23. The van der Waals surface area contributed by atoms with Crippen LogP contribution in [0.25, 0.3) is 0 Å². The van der Waals surface area contributed by atoms with Gasteiger partial charge in [-0.05, 0) is 39.7 Å². The summed E-state index contributed by atoms with van der Waals surface area (Å²) in [5, 5.41) is 9.62. The summed E-state index contributed by atoms with van der Waals surface area (Å²) in [5.41, 5.74) is 1.15. The minimum absolute atomic E-state index is 0.0357. The molecule has 0 fully saturated rings. The summed E-state index contributed by atoms with van der Waals surface area (Å²) in [6, 6.07) is 1.79. The van der Waals surface area contributed by atoms with Crippen LogP contribution < -0.4 is 10.6 Å². The fourth-order valence-corrected chi connectivity index (χ4v) is 1.97. The predicted octanol–water partition coefficient (Wildman–Crippen LogP) is 1.63. The van der Waals surface area contributed by atoms with Crippen LogP contribution in [0.3, 0.4) is 0 Å². The van der Waals surface area contributed by atoms with Crippen LogP contribution in [0.2, 0.25) is 0 Å². The molecule has 0 atom stereocenters. The van der Waals surface area contributed by atoms with Gasteiger partial charge in [0.1, 0.15) is 5.69 Å². The van der Waals surface area contributed by atoms with E-state index >= 15 is 0 Å². The molecule has 0 saturated carbocycles. The molecule has 1 rings (SSSR count). The van der Waals surface area contributed by atoms with Crippen LogP contribution in [0.5, 0.6) is 0 Å². The monoisotopic (exact) mass is 294 g/mol. The van der Waals surface area contributed by atoms with Crippen LogP contribution >= 0.6 is 0 Å². The van der Waals surface area contributed by atoms with Crippen molar-refractivity contribution < 1.29 is 9.59 Å². The average Bonchev–Trinajstić information content (AvgIpc) is 2.81. The van der Waals surface area contributed by atoms with E-state index in [9.17, 15) is 9.59 Å². The SMILES string of the molecule is CCNC(=O)CNC(=O)c1cc(C(C)C)n(C(C)(C)C)n1. The molecule has 0 aliphatic rings. The molecule has 21 heavy (non-hydrogen) atoms. The zero-order valence-corrected chi connectivity index (χ0v) is 13.8. The Balaban J connectivity index is 2.89. The van der Waals surface area contributed by atoms with Crippen LogP contribution in [0.1, 0.15) is 63.6 Å². The minimum Gasteiger partial charge on any atom is -0.355 e. The summed E-state index contributed by atoms with van der Waals surface area (Å²) >= 11 is 0. The molecular weight excluding hydrogens is 268 g/mol. The normalized spacial score (nSPS) is 11.6. The van der Waals surface area contributed by atoms with Crippen molar-refractivity contribution in [3.63, 3.8) is 0 Å². The van der Waals surface area contributed by atoms with Gasteiger partial charge in [-0.3, -0.25) is 14.3 Å². The Bertz CT molecular complexity index is 512. The van der Waals surface area contributed by atoms with Gasteiger partial charge in [0.15, 0.2) is 0 Å². The van der Waals surface area contributed by atoms with Gasteiger partial charge < -0.3 is 10.6 Å². The third kappa shape index (κ3) is 4.58. The first-order valence-electron chi connectivity index (χ1n) is 7.32. The van der Waals surface area contributed by atoms with Gasteiger partial charge in [-0.15, -0.1) is 0 Å². The van der Waals surface area contributed by atoms with E-state index in [0.29, 0.717) is 12.2 Å². The maximum Gasteiger partial charge on any atom is 0.272 e. The first kappa shape index (κ1) is 17.2. The molecule has 0 aliphatic heterocycles. The van der Waals surface area contributed by atoms with Gasteiger partial charge in [0, 0.05) is 12.2 Å². The van der Waals surface area contributed by atoms with Crippen LogP contribution in [0.4, 0.5) is 0 Å². The number of nitrogens with zero attached hydrogens (tertiary/aromatic N) is 2. The summed E-state index contributed by atoms with van der Waals surface area (Å²) in [6.45, 7) is 12.6. The lowest BCUT2D eigenvalue weighted by molar-refractivity contribution is -0.120. The maximum atomic E-state index is 12.1. The van der Waals surface area contributed by atoms with Crippen molar-refractivity contribution in [2.75, 3.05) is 13.1 Å². The van der Waals surface area contributed by atoms with Gasteiger partial charge in [-0.2, -0.15) is 5.10 Å². The highest BCUT2D eigenvalue weighted by atomic mass is 16.2. The highest BCUT2D eigenvalue weighted by Crippen LogP contribution is 2.23. The lowest BCUT2D eigenvalue weighted by atomic mass is 10.1. The van der Waals surface area contributed by atoms with Crippen molar-refractivity contribution >= 4 is 11.8 Å². The Labute approximate surface area is 126 Å². The molecule has 1 heterocycles. The van der Waals surface area contributed by atoms with Crippen molar-refractivity contribution in [1.82, 2.24) is 20.4 Å². The number of hydrogen-bond acceptors (Lipinski definition) is 3. The molecule has 1 aromatic heterocycles. The highest BCUT2D eigenvalue weighted by molar-refractivity contribution is 5.95. The molecular formula is C15H26N4O2. The van der Waals surface area contributed by atoms with Crippen molar-refractivity contribution in [1.29, 1.82) is 0 Å². The Morgan fingerprint density at radius 2 is 1.90 bits per heavy atom. The molecule has 2 amide bonds. The zero-order valence-electron chi connectivity index (χ0n) is 13.8. The molecule has 0 bridgehead atoms. The summed E-state index contributed by atoms with van der Waals surface area (Å²) in [6.07, 6.45) is 0. The van der Waals surface area contributed by atoms with Gasteiger partial charge >= 0.3 is 0 Å². The van der Waals surface area contributed by atoms with Crippen LogP contribution in [0.15, 0.2) is 6.07 Å². The van der Waals surface area contributed by atoms with E-state index < -0.39 is 0 Å². The number of hydrogen-bond donors (Lipinski definition) is 2. The van der Waals surface area contributed by atoms with Crippen LogP contribution in [0, 0.1) is 0 Å². The molecule has 0 radical (unpaired) electrons. The summed E-state index contributed by atoms with van der Waals surface area (Å²) < 4.78 is 1.87. The number of likely N-dealkylation sites (N-methyl/N-ethyl adjacent to an activating group) is 1. The average molecular weight is 294 g/mol. The second-order valence-corrected chi connectivity index (χ2v) is 6.33.